The van der Waals surface area contributed by atoms with E-state index in [9.17, 15) is 8.42 Å². The Labute approximate surface area is 122 Å². The molecule has 0 bridgehead atoms. The van der Waals surface area contributed by atoms with Gasteiger partial charge in [0.25, 0.3) is 0 Å². The van der Waals surface area contributed by atoms with Crippen LogP contribution in [0.3, 0.4) is 0 Å². The summed E-state index contributed by atoms with van der Waals surface area (Å²) in [4.78, 5) is -0.0571. The van der Waals surface area contributed by atoms with E-state index in [2.05, 4.69) is 0 Å². The molecule has 1 aliphatic heterocycles. The predicted octanol–water partition coefficient (Wildman–Crippen LogP) is 3.68. The van der Waals surface area contributed by atoms with Gasteiger partial charge in [0, 0.05) is 17.6 Å². The molecule has 0 radical (unpaired) electrons. The Morgan fingerprint density at radius 2 is 1.72 bits per heavy atom. The van der Waals surface area contributed by atoms with E-state index in [1.165, 1.54) is 16.4 Å². The zero-order chi connectivity index (χ0) is 13.7. The van der Waals surface area contributed by atoms with Crippen LogP contribution in [0.5, 0.6) is 0 Å². The first-order valence-electron chi connectivity index (χ1n) is 5.41. The quantitative estimate of drug-likeness (QED) is 0.794. The maximum Gasteiger partial charge on any atom is 0.246 e. The first kappa shape index (κ1) is 14.4. The maximum atomic E-state index is 12.4. The van der Waals surface area contributed by atoms with Gasteiger partial charge in [0.1, 0.15) is 4.90 Å². The second kappa shape index (κ2) is 4.84. The molecule has 2 unspecified atom stereocenters. The van der Waals surface area contributed by atoms with Gasteiger partial charge in [0.05, 0.1) is 10.0 Å². The summed E-state index contributed by atoms with van der Waals surface area (Å²) < 4.78 is 26.2. The highest BCUT2D eigenvalue weighted by atomic mass is 35.5. The minimum absolute atomic E-state index is 0.0258. The first-order chi connectivity index (χ1) is 8.25. The van der Waals surface area contributed by atoms with E-state index in [4.69, 9.17) is 34.8 Å². The molecule has 3 nitrogen and oxygen atoms in total. The molecule has 1 saturated heterocycles. The fourth-order valence-corrected chi connectivity index (χ4v) is 5.05. The van der Waals surface area contributed by atoms with Gasteiger partial charge in [0.15, 0.2) is 0 Å². The highest BCUT2D eigenvalue weighted by molar-refractivity contribution is 7.89. The van der Waals surface area contributed by atoms with Gasteiger partial charge >= 0.3 is 0 Å². The van der Waals surface area contributed by atoms with Crippen LogP contribution in [0.1, 0.15) is 13.8 Å². The molecule has 1 heterocycles. The lowest BCUT2D eigenvalue weighted by atomic mass is 10.1. The maximum absolute atomic E-state index is 12.4. The Bertz CT molecular complexity index is 563. The van der Waals surface area contributed by atoms with E-state index >= 15 is 0 Å². The van der Waals surface area contributed by atoms with E-state index in [0.29, 0.717) is 11.6 Å². The van der Waals surface area contributed by atoms with Gasteiger partial charge in [-0.1, -0.05) is 48.7 Å². The average Bonchev–Trinajstić information content (AvgIpc) is 2.93. The van der Waals surface area contributed by atoms with Crippen LogP contribution < -0.4 is 0 Å². The Morgan fingerprint density at radius 1 is 1.22 bits per heavy atom. The minimum Gasteiger partial charge on any atom is -0.207 e. The topological polar surface area (TPSA) is 37.1 Å². The lowest BCUT2D eigenvalue weighted by Gasteiger charge is -2.11. The molecule has 1 aromatic rings. The number of sulfonamides is 1. The van der Waals surface area contributed by atoms with Crippen LogP contribution >= 0.6 is 34.8 Å². The van der Waals surface area contributed by atoms with Crippen molar-refractivity contribution < 1.29 is 8.42 Å². The van der Waals surface area contributed by atoms with Gasteiger partial charge < -0.3 is 0 Å². The van der Waals surface area contributed by atoms with Crippen molar-refractivity contribution in [3.8, 4) is 0 Å². The molecule has 1 aliphatic rings. The summed E-state index contributed by atoms with van der Waals surface area (Å²) >= 11 is 17.7. The third kappa shape index (κ3) is 2.49. The molecule has 18 heavy (non-hydrogen) atoms. The number of halogens is 3. The van der Waals surface area contributed by atoms with Gasteiger partial charge in [0.2, 0.25) is 10.0 Å². The molecule has 0 amide bonds. The van der Waals surface area contributed by atoms with Crippen molar-refractivity contribution in [3.63, 3.8) is 0 Å². The van der Waals surface area contributed by atoms with E-state index in [0.717, 1.165) is 0 Å². The number of hydrogen-bond donors (Lipinski definition) is 0. The normalized spacial score (nSPS) is 23.4. The van der Waals surface area contributed by atoms with Crippen molar-refractivity contribution in [2.24, 2.45) is 5.92 Å². The summed E-state index contributed by atoms with van der Waals surface area (Å²) in [5, 5.41) is 0.430. The minimum atomic E-state index is -3.63. The molecule has 0 aromatic heterocycles. The fourth-order valence-electron chi connectivity index (χ4n) is 1.85. The molecule has 0 spiro atoms. The average molecular weight is 329 g/mol. The number of nitrogens with zero attached hydrogens (tertiary/aromatic N) is 1. The lowest BCUT2D eigenvalue weighted by Crippen LogP contribution is -2.18. The molecule has 0 saturated carbocycles. The standard InChI is InChI=1S/C11H12Cl3NO2S/c1-6(2)10-5-15(10)18(16,17)11-8(13)3-7(12)4-9(11)14/h3-4,6,10H,5H2,1-2H3. The smallest absolute Gasteiger partial charge is 0.207 e. The lowest BCUT2D eigenvalue weighted by molar-refractivity contribution is 0.518. The van der Waals surface area contributed by atoms with E-state index < -0.39 is 10.0 Å². The van der Waals surface area contributed by atoms with Gasteiger partial charge in [-0.3, -0.25) is 0 Å². The van der Waals surface area contributed by atoms with E-state index in [-0.39, 0.29) is 26.9 Å². The highest BCUT2D eigenvalue weighted by Crippen LogP contribution is 2.39. The monoisotopic (exact) mass is 327 g/mol. The van der Waals surface area contributed by atoms with Crippen molar-refractivity contribution in [1.82, 2.24) is 4.31 Å². The summed E-state index contributed by atoms with van der Waals surface area (Å²) in [6, 6.07) is 2.80. The molecule has 0 aliphatic carbocycles. The van der Waals surface area contributed by atoms with Crippen LogP contribution in [0.4, 0.5) is 0 Å². The number of hydrogen-bond acceptors (Lipinski definition) is 2. The van der Waals surface area contributed by atoms with Gasteiger partial charge in [-0.2, -0.15) is 4.31 Å². The summed E-state index contributed by atoms with van der Waals surface area (Å²) in [5.74, 6) is 0.268. The summed E-state index contributed by atoms with van der Waals surface area (Å²) in [6.45, 7) is 4.46. The largest absolute Gasteiger partial charge is 0.246 e. The third-order valence-corrected chi connectivity index (χ3v) is 5.93. The van der Waals surface area contributed by atoms with Crippen LogP contribution in [0.15, 0.2) is 17.0 Å². The highest BCUT2D eigenvalue weighted by Gasteiger charge is 2.47. The van der Waals surface area contributed by atoms with Crippen LogP contribution in [0.25, 0.3) is 0 Å². The summed E-state index contributed by atoms with van der Waals surface area (Å²) in [6.07, 6.45) is 0. The Hall–Kier alpha value is -0.000000000000000111. The SMILES string of the molecule is CC(C)C1CN1S(=O)(=O)c1c(Cl)cc(Cl)cc1Cl. The zero-order valence-corrected chi connectivity index (χ0v) is 12.9. The first-order valence-corrected chi connectivity index (χ1v) is 7.99. The number of rotatable bonds is 3. The van der Waals surface area contributed by atoms with Gasteiger partial charge in [-0.15, -0.1) is 0 Å². The second-order valence-electron chi connectivity index (χ2n) is 4.58. The Balaban J connectivity index is 2.44. The third-order valence-electron chi connectivity index (χ3n) is 2.90. The Kier molecular flexibility index (Phi) is 3.87. The summed E-state index contributed by atoms with van der Waals surface area (Å²) in [7, 11) is -3.63. The predicted molar refractivity (Wildman–Crippen MR) is 74.0 cm³/mol. The molecule has 7 heteroatoms. The molecule has 0 N–H and O–H groups in total. The van der Waals surface area contributed by atoms with Crippen molar-refractivity contribution in [3.05, 3.63) is 27.2 Å². The number of benzene rings is 1. The molecule has 100 valence electrons. The van der Waals surface area contributed by atoms with Crippen molar-refractivity contribution in [1.29, 1.82) is 0 Å². The van der Waals surface area contributed by atoms with Crippen molar-refractivity contribution in [2.75, 3.05) is 6.54 Å². The fraction of sp³-hybridized carbons (Fsp3) is 0.455. The van der Waals surface area contributed by atoms with E-state index in [1.807, 2.05) is 13.8 Å². The Morgan fingerprint density at radius 3 is 2.11 bits per heavy atom. The zero-order valence-electron chi connectivity index (χ0n) is 9.82. The summed E-state index contributed by atoms with van der Waals surface area (Å²) in [5.41, 5.74) is 0. The van der Waals surface area contributed by atoms with Crippen molar-refractivity contribution in [2.45, 2.75) is 24.8 Å². The molecule has 1 fully saturated rings. The van der Waals surface area contributed by atoms with Crippen LogP contribution in [0, 0.1) is 5.92 Å². The van der Waals surface area contributed by atoms with Crippen molar-refractivity contribution >= 4 is 44.8 Å². The van der Waals surface area contributed by atoms with Crippen LogP contribution in [0.2, 0.25) is 15.1 Å². The molecule has 2 rings (SSSR count). The molecule has 2 atom stereocenters. The van der Waals surface area contributed by atoms with Gasteiger partial charge in [-0.25, -0.2) is 8.42 Å². The van der Waals surface area contributed by atoms with E-state index in [1.54, 1.807) is 0 Å². The molecule has 1 aromatic carbocycles. The second-order valence-corrected chi connectivity index (χ2v) is 7.66. The molecular formula is C11H12Cl3NO2S. The molecular weight excluding hydrogens is 317 g/mol. The van der Waals surface area contributed by atoms with Crippen LogP contribution in [-0.2, 0) is 10.0 Å². The van der Waals surface area contributed by atoms with Crippen LogP contribution in [-0.4, -0.2) is 25.3 Å². The van der Waals surface area contributed by atoms with Gasteiger partial charge in [-0.05, 0) is 18.1 Å².